The fourth-order valence-electron chi connectivity index (χ4n) is 2.27. The van der Waals surface area contributed by atoms with E-state index in [1.807, 2.05) is 0 Å². The summed E-state index contributed by atoms with van der Waals surface area (Å²) in [5, 5.41) is 10.0. The Labute approximate surface area is 134 Å². The highest BCUT2D eigenvalue weighted by molar-refractivity contribution is 7.84. The van der Waals surface area contributed by atoms with E-state index < -0.39 is 22.6 Å². The van der Waals surface area contributed by atoms with Gasteiger partial charge in [-0.2, -0.15) is 0 Å². The van der Waals surface area contributed by atoms with Crippen LogP contribution in [-0.2, 0) is 16.6 Å². The molecule has 3 aromatic rings. The first kappa shape index (κ1) is 15.3. The second kappa shape index (κ2) is 6.26. The quantitative estimate of drug-likeness (QED) is 0.797. The van der Waals surface area contributed by atoms with E-state index in [9.17, 15) is 18.5 Å². The van der Waals surface area contributed by atoms with Gasteiger partial charge in [0.1, 0.15) is 10.8 Å². The molecule has 4 nitrogen and oxygen atoms in total. The predicted octanol–water partition coefficient (Wildman–Crippen LogP) is 3.38. The number of carboxylic acid groups (broad SMARTS) is 1. The van der Waals surface area contributed by atoms with Gasteiger partial charge in [0.25, 0.3) is 0 Å². The summed E-state index contributed by atoms with van der Waals surface area (Å²) in [5.74, 6) is -1.61. The van der Waals surface area contributed by atoms with Crippen LogP contribution < -0.4 is 0 Å². The molecule has 0 spiro atoms. The van der Waals surface area contributed by atoms with Crippen molar-refractivity contribution in [2.24, 2.45) is 0 Å². The Balaban J connectivity index is 2.05. The van der Waals surface area contributed by atoms with E-state index >= 15 is 0 Å². The zero-order valence-corrected chi connectivity index (χ0v) is 12.7. The minimum absolute atomic E-state index is 0.000427. The van der Waals surface area contributed by atoms with Crippen LogP contribution in [0, 0.1) is 5.82 Å². The van der Waals surface area contributed by atoms with E-state index in [1.54, 1.807) is 30.3 Å². The van der Waals surface area contributed by atoms with E-state index in [0.29, 0.717) is 16.5 Å². The number of rotatable bonds is 4. The number of halogens is 1. The molecule has 0 bridgehead atoms. The van der Waals surface area contributed by atoms with Crippen molar-refractivity contribution in [3.63, 3.8) is 0 Å². The highest BCUT2D eigenvalue weighted by Crippen LogP contribution is 2.21. The molecule has 1 atom stereocenters. The first-order valence-corrected chi connectivity index (χ1v) is 8.12. The number of benzene rings is 2. The van der Waals surface area contributed by atoms with E-state index in [-0.39, 0.29) is 16.3 Å². The van der Waals surface area contributed by atoms with Crippen molar-refractivity contribution in [2.45, 2.75) is 10.8 Å². The summed E-state index contributed by atoms with van der Waals surface area (Å²) in [6.45, 7) is 0. The molecule has 0 amide bonds. The highest BCUT2D eigenvalue weighted by atomic mass is 32.2. The van der Waals surface area contributed by atoms with Gasteiger partial charge in [0.15, 0.2) is 0 Å². The van der Waals surface area contributed by atoms with Gasteiger partial charge >= 0.3 is 5.97 Å². The van der Waals surface area contributed by atoms with Gasteiger partial charge in [0.2, 0.25) is 0 Å². The van der Waals surface area contributed by atoms with Crippen molar-refractivity contribution in [3.05, 3.63) is 71.5 Å². The number of carbonyl (C=O) groups is 1. The Morgan fingerprint density at radius 2 is 1.91 bits per heavy atom. The van der Waals surface area contributed by atoms with Crippen molar-refractivity contribution >= 4 is 27.7 Å². The lowest BCUT2D eigenvalue weighted by atomic mass is 10.1. The molecule has 0 fully saturated rings. The number of aromatic carboxylic acids is 1. The molecule has 116 valence electrons. The molecule has 3 rings (SSSR count). The standard InChI is InChI=1S/C17H12FNO3S/c18-13-6-3-4-11(8-13)10-23(22)16-14(17(20)21)9-12-5-1-2-7-15(12)19-16/h1-9H,10H2,(H,20,21). The van der Waals surface area contributed by atoms with E-state index in [0.717, 1.165) is 0 Å². The van der Waals surface area contributed by atoms with Gasteiger partial charge in [-0.3, -0.25) is 4.21 Å². The molecular weight excluding hydrogens is 317 g/mol. The van der Waals surface area contributed by atoms with Gasteiger partial charge in [0.05, 0.1) is 27.6 Å². The topological polar surface area (TPSA) is 67.3 Å². The average Bonchev–Trinajstić information content (AvgIpc) is 2.53. The van der Waals surface area contributed by atoms with E-state index in [4.69, 9.17) is 0 Å². The fraction of sp³-hybridized carbons (Fsp3) is 0.0588. The fourth-order valence-corrected chi connectivity index (χ4v) is 3.48. The Bertz CT molecular complexity index is 927. The monoisotopic (exact) mass is 329 g/mol. The normalized spacial score (nSPS) is 12.2. The van der Waals surface area contributed by atoms with Crippen LogP contribution in [0.15, 0.2) is 59.6 Å². The van der Waals surface area contributed by atoms with Crippen LogP contribution in [0.3, 0.4) is 0 Å². The molecular formula is C17H12FNO3S. The van der Waals surface area contributed by atoms with Gasteiger partial charge in [0, 0.05) is 5.39 Å². The highest BCUT2D eigenvalue weighted by Gasteiger charge is 2.19. The minimum Gasteiger partial charge on any atom is -0.478 e. The first-order chi connectivity index (χ1) is 11.0. The number of hydrogen-bond donors (Lipinski definition) is 1. The molecule has 2 aromatic carbocycles. The Morgan fingerprint density at radius 1 is 1.13 bits per heavy atom. The molecule has 0 saturated carbocycles. The lowest BCUT2D eigenvalue weighted by molar-refractivity contribution is 0.0692. The summed E-state index contributed by atoms with van der Waals surface area (Å²) in [6.07, 6.45) is 0. The van der Waals surface area contributed by atoms with Crippen LogP contribution in [0.5, 0.6) is 0 Å². The maximum Gasteiger partial charge on any atom is 0.338 e. The first-order valence-electron chi connectivity index (χ1n) is 6.80. The zero-order valence-electron chi connectivity index (χ0n) is 11.9. The predicted molar refractivity (Wildman–Crippen MR) is 85.2 cm³/mol. The molecule has 23 heavy (non-hydrogen) atoms. The Kier molecular flexibility index (Phi) is 4.16. The second-order valence-corrected chi connectivity index (χ2v) is 6.33. The van der Waals surface area contributed by atoms with Gasteiger partial charge < -0.3 is 5.11 Å². The maximum absolute atomic E-state index is 13.2. The van der Waals surface area contributed by atoms with Crippen molar-refractivity contribution in [2.75, 3.05) is 0 Å². The molecule has 0 radical (unpaired) electrons. The van der Waals surface area contributed by atoms with Crippen molar-refractivity contribution in [1.82, 2.24) is 4.98 Å². The summed E-state index contributed by atoms with van der Waals surface area (Å²) < 4.78 is 25.8. The van der Waals surface area contributed by atoms with Gasteiger partial charge in [-0.05, 0) is 29.8 Å². The molecule has 0 aliphatic carbocycles. The third-order valence-corrected chi connectivity index (χ3v) is 4.66. The van der Waals surface area contributed by atoms with Crippen LogP contribution in [-0.4, -0.2) is 20.3 Å². The SMILES string of the molecule is O=C(O)c1cc2ccccc2nc1S(=O)Cc1cccc(F)c1. The van der Waals surface area contributed by atoms with Crippen molar-refractivity contribution < 1.29 is 18.5 Å². The zero-order chi connectivity index (χ0) is 16.4. The summed E-state index contributed by atoms with van der Waals surface area (Å²) in [5.41, 5.74) is 0.994. The number of fused-ring (bicyclic) bond motifs is 1. The summed E-state index contributed by atoms with van der Waals surface area (Å²) in [4.78, 5) is 15.7. The van der Waals surface area contributed by atoms with Gasteiger partial charge in [-0.15, -0.1) is 0 Å². The van der Waals surface area contributed by atoms with Crippen LogP contribution in [0.1, 0.15) is 15.9 Å². The van der Waals surface area contributed by atoms with Crippen LogP contribution >= 0.6 is 0 Å². The summed E-state index contributed by atoms with van der Waals surface area (Å²) in [7, 11) is -1.69. The smallest absolute Gasteiger partial charge is 0.338 e. The molecule has 0 saturated heterocycles. The number of pyridine rings is 1. The largest absolute Gasteiger partial charge is 0.478 e. The van der Waals surface area contributed by atoms with Gasteiger partial charge in [-0.25, -0.2) is 14.2 Å². The second-order valence-electron chi connectivity index (χ2n) is 4.96. The number of para-hydroxylation sites is 1. The summed E-state index contributed by atoms with van der Waals surface area (Å²) in [6, 6.07) is 14.2. The molecule has 6 heteroatoms. The maximum atomic E-state index is 13.2. The molecule has 1 N–H and O–H groups in total. The van der Waals surface area contributed by atoms with Crippen LogP contribution in [0.25, 0.3) is 10.9 Å². The third kappa shape index (κ3) is 3.27. The molecule has 1 heterocycles. The third-order valence-electron chi connectivity index (χ3n) is 3.32. The Morgan fingerprint density at radius 3 is 2.65 bits per heavy atom. The number of hydrogen-bond acceptors (Lipinski definition) is 3. The van der Waals surface area contributed by atoms with Gasteiger partial charge in [-0.1, -0.05) is 30.3 Å². The Hall–Kier alpha value is -2.60. The number of nitrogens with zero attached hydrogens (tertiary/aromatic N) is 1. The molecule has 0 aliphatic rings. The lowest BCUT2D eigenvalue weighted by Crippen LogP contribution is -2.09. The van der Waals surface area contributed by atoms with Crippen molar-refractivity contribution in [1.29, 1.82) is 0 Å². The van der Waals surface area contributed by atoms with E-state index in [1.165, 1.54) is 24.3 Å². The van der Waals surface area contributed by atoms with Crippen LogP contribution in [0.4, 0.5) is 4.39 Å². The average molecular weight is 329 g/mol. The van der Waals surface area contributed by atoms with Crippen LogP contribution in [0.2, 0.25) is 0 Å². The molecule has 1 aromatic heterocycles. The van der Waals surface area contributed by atoms with E-state index in [2.05, 4.69) is 4.98 Å². The lowest BCUT2D eigenvalue weighted by Gasteiger charge is -2.08. The molecule has 1 unspecified atom stereocenters. The van der Waals surface area contributed by atoms with Crippen molar-refractivity contribution in [3.8, 4) is 0 Å². The number of aromatic nitrogens is 1. The number of carboxylic acids is 1. The minimum atomic E-state index is -1.69. The summed E-state index contributed by atoms with van der Waals surface area (Å²) >= 11 is 0. The molecule has 0 aliphatic heterocycles.